The van der Waals surface area contributed by atoms with Crippen molar-refractivity contribution in [2.24, 2.45) is 0 Å². The highest BCUT2D eigenvalue weighted by molar-refractivity contribution is 7.08. The molecule has 0 saturated carbocycles. The molecule has 0 spiro atoms. The normalized spacial score (nSPS) is 10.9. The van der Waals surface area contributed by atoms with Gasteiger partial charge in [-0.05, 0) is 23.6 Å². The van der Waals surface area contributed by atoms with Gasteiger partial charge in [-0.3, -0.25) is 9.59 Å². The minimum Gasteiger partial charge on any atom is -0.349 e. The summed E-state index contributed by atoms with van der Waals surface area (Å²) in [5, 5.41) is 19.5. The average Bonchev–Trinajstić information content (AvgIpc) is 3.40. The molecule has 0 saturated heterocycles. The molecule has 1 amide bonds. The molecule has 3 heterocycles. The predicted molar refractivity (Wildman–Crippen MR) is 106 cm³/mol. The van der Waals surface area contributed by atoms with Crippen molar-refractivity contribution in [3.05, 3.63) is 70.7 Å². The molecular weight excluding hydrogens is 374 g/mol. The first-order valence-corrected chi connectivity index (χ1v) is 9.74. The first kappa shape index (κ1) is 18.0. The molecule has 28 heavy (non-hydrogen) atoms. The summed E-state index contributed by atoms with van der Waals surface area (Å²) in [6.45, 7) is 0.194. The van der Waals surface area contributed by atoms with Gasteiger partial charge in [0.1, 0.15) is 0 Å². The van der Waals surface area contributed by atoms with Crippen molar-refractivity contribution in [2.45, 2.75) is 19.4 Å². The van der Waals surface area contributed by atoms with Gasteiger partial charge in [0.05, 0.1) is 12.2 Å². The van der Waals surface area contributed by atoms with Crippen LogP contribution in [-0.2, 0) is 11.3 Å². The van der Waals surface area contributed by atoms with E-state index in [1.807, 2.05) is 35.0 Å². The molecule has 0 aliphatic heterocycles. The molecule has 4 rings (SSSR count). The van der Waals surface area contributed by atoms with E-state index in [1.54, 1.807) is 40.1 Å². The van der Waals surface area contributed by atoms with Gasteiger partial charge in [-0.25, -0.2) is 0 Å². The fraction of sp³-hybridized carbons (Fsp3) is 0.150. The van der Waals surface area contributed by atoms with E-state index in [2.05, 4.69) is 20.6 Å². The third kappa shape index (κ3) is 3.96. The number of benzene rings is 1. The number of carbonyl (C=O) groups is 2. The molecule has 0 atom stereocenters. The standard InChI is InChI=1S/C20H17N5O2S/c26-17(14-4-2-1-3-5-14)7-9-20(27)21-12-19-23-22-18-8-6-16(24-25(18)19)15-10-11-28-13-15/h1-6,8,10-11,13H,7,9,12H2,(H,21,27). The van der Waals surface area contributed by atoms with Gasteiger partial charge in [0, 0.05) is 29.3 Å². The van der Waals surface area contributed by atoms with Gasteiger partial charge in [-0.15, -0.1) is 10.2 Å². The predicted octanol–water partition coefficient (Wildman–Crippen LogP) is 3.13. The van der Waals surface area contributed by atoms with Crippen LogP contribution in [0.1, 0.15) is 29.0 Å². The number of hydrogen-bond acceptors (Lipinski definition) is 6. The minimum atomic E-state index is -0.213. The SMILES string of the molecule is O=C(CCC(=O)c1ccccc1)NCc1nnc2ccc(-c3ccsc3)nn12. The molecular formula is C20H17N5O2S. The molecule has 0 radical (unpaired) electrons. The van der Waals surface area contributed by atoms with E-state index < -0.39 is 0 Å². The third-order valence-electron chi connectivity index (χ3n) is 4.26. The van der Waals surface area contributed by atoms with Crippen LogP contribution in [0.3, 0.4) is 0 Å². The second-order valence-corrected chi connectivity index (χ2v) is 6.96. The van der Waals surface area contributed by atoms with Crippen molar-refractivity contribution >= 4 is 28.7 Å². The van der Waals surface area contributed by atoms with Crippen LogP contribution in [0.15, 0.2) is 59.3 Å². The molecule has 7 nitrogen and oxygen atoms in total. The summed E-state index contributed by atoms with van der Waals surface area (Å²) in [7, 11) is 0. The molecule has 0 aliphatic carbocycles. The quantitative estimate of drug-likeness (QED) is 0.489. The first-order chi connectivity index (χ1) is 13.7. The molecule has 0 aliphatic rings. The first-order valence-electron chi connectivity index (χ1n) is 8.79. The molecule has 0 unspecified atom stereocenters. The zero-order valence-corrected chi connectivity index (χ0v) is 15.7. The van der Waals surface area contributed by atoms with Crippen molar-refractivity contribution in [2.75, 3.05) is 0 Å². The number of ketones is 1. The Morgan fingerprint density at radius 3 is 2.64 bits per heavy atom. The molecule has 1 N–H and O–H groups in total. The van der Waals surface area contributed by atoms with E-state index >= 15 is 0 Å². The number of nitrogens with one attached hydrogen (secondary N) is 1. The summed E-state index contributed by atoms with van der Waals surface area (Å²) < 4.78 is 1.63. The summed E-state index contributed by atoms with van der Waals surface area (Å²) in [6.07, 6.45) is 0.287. The van der Waals surface area contributed by atoms with Crippen molar-refractivity contribution in [3.63, 3.8) is 0 Å². The van der Waals surface area contributed by atoms with Gasteiger partial charge >= 0.3 is 0 Å². The number of aromatic nitrogens is 4. The van der Waals surface area contributed by atoms with Gasteiger partial charge < -0.3 is 5.32 Å². The summed E-state index contributed by atoms with van der Waals surface area (Å²) in [6, 6.07) is 14.7. The summed E-state index contributed by atoms with van der Waals surface area (Å²) >= 11 is 1.60. The van der Waals surface area contributed by atoms with E-state index in [1.165, 1.54) is 0 Å². The van der Waals surface area contributed by atoms with Crippen LogP contribution in [0.2, 0.25) is 0 Å². The number of hydrogen-bond donors (Lipinski definition) is 1. The number of fused-ring (bicyclic) bond motifs is 1. The highest BCUT2D eigenvalue weighted by Gasteiger charge is 2.12. The number of thiophene rings is 1. The van der Waals surface area contributed by atoms with E-state index in [-0.39, 0.29) is 31.1 Å². The average molecular weight is 391 g/mol. The van der Waals surface area contributed by atoms with Crippen LogP contribution in [0.4, 0.5) is 0 Å². The van der Waals surface area contributed by atoms with Crippen LogP contribution < -0.4 is 5.32 Å². The zero-order valence-electron chi connectivity index (χ0n) is 14.9. The monoisotopic (exact) mass is 391 g/mol. The van der Waals surface area contributed by atoms with E-state index in [0.717, 1.165) is 11.3 Å². The van der Waals surface area contributed by atoms with Crippen molar-refractivity contribution in [1.82, 2.24) is 25.1 Å². The van der Waals surface area contributed by atoms with E-state index in [0.29, 0.717) is 17.0 Å². The fourth-order valence-electron chi connectivity index (χ4n) is 2.77. The minimum absolute atomic E-state index is 0.0502. The van der Waals surface area contributed by atoms with E-state index in [9.17, 15) is 9.59 Å². The summed E-state index contributed by atoms with van der Waals surface area (Å²) in [5.41, 5.74) is 3.07. The Kier molecular flexibility index (Phi) is 5.20. The molecule has 8 heteroatoms. The molecule has 3 aromatic heterocycles. The van der Waals surface area contributed by atoms with Crippen molar-refractivity contribution < 1.29 is 9.59 Å². The van der Waals surface area contributed by atoms with Gasteiger partial charge in [-0.2, -0.15) is 21.0 Å². The Labute approximate surface area is 165 Å². The van der Waals surface area contributed by atoms with Gasteiger partial charge in [0.15, 0.2) is 17.3 Å². The fourth-order valence-corrected chi connectivity index (χ4v) is 3.42. The van der Waals surface area contributed by atoms with Crippen molar-refractivity contribution in [1.29, 1.82) is 0 Å². The van der Waals surface area contributed by atoms with Gasteiger partial charge in [0.2, 0.25) is 5.91 Å². The van der Waals surface area contributed by atoms with Crippen LogP contribution in [0.5, 0.6) is 0 Å². The summed E-state index contributed by atoms with van der Waals surface area (Å²) in [5.74, 6) is 0.274. The maximum atomic E-state index is 12.1. The summed E-state index contributed by atoms with van der Waals surface area (Å²) in [4.78, 5) is 24.2. The number of amides is 1. The lowest BCUT2D eigenvalue weighted by Crippen LogP contribution is -2.24. The number of rotatable bonds is 7. The van der Waals surface area contributed by atoms with Crippen LogP contribution in [0, 0.1) is 0 Å². The Morgan fingerprint density at radius 2 is 1.86 bits per heavy atom. The Balaban J connectivity index is 1.38. The maximum absolute atomic E-state index is 12.1. The van der Waals surface area contributed by atoms with Crippen molar-refractivity contribution in [3.8, 4) is 11.3 Å². The lowest BCUT2D eigenvalue weighted by Gasteiger charge is -2.05. The molecule has 140 valence electrons. The maximum Gasteiger partial charge on any atom is 0.220 e. The Hall–Kier alpha value is -3.39. The van der Waals surface area contributed by atoms with Crippen LogP contribution >= 0.6 is 11.3 Å². The molecule has 0 fully saturated rings. The highest BCUT2D eigenvalue weighted by atomic mass is 32.1. The van der Waals surface area contributed by atoms with Crippen LogP contribution in [-0.4, -0.2) is 31.5 Å². The molecule has 4 aromatic rings. The van der Waals surface area contributed by atoms with Gasteiger partial charge in [0.25, 0.3) is 0 Å². The number of carbonyl (C=O) groups excluding carboxylic acids is 2. The second kappa shape index (κ2) is 8.10. The largest absolute Gasteiger partial charge is 0.349 e. The number of Topliss-reactive ketones (excluding diaryl/α,β-unsaturated/α-hetero) is 1. The Bertz CT molecular complexity index is 1110. The lowest BCUT2D eigenvalue weighted by atomic mass is 10.1. The second-order valence-electron chi connectivity index (χ2n) is 6.18. The molecule has 1 aromatic carbocycles. The zero-order chi connectivity index (χ0) is 19.3. The van der Waals surface area contributed by atoms with Gasteiger partial charge in [-0.1, -0.05) is 30.3 Å². The Morgan fingerprint density at radius 1 is 1.00 bits per heavy atom. The van der Waals surface area contributed by atoms with E-state index in [4.69, 9.17) is 0 Å². The lowest BCUT2D eigenvalue weighted by molar-refractivity contribution is -0.121. The number of nitrogens with zero attached hydrogens (tertiary/aromatic N) is 4. The smallest absolute Gasteiger partial charge is 0.220 e. The molecule has 0 bridgehead atoms. The van der Waals surface area contributed by atoms with Crippen LogP contribution in [0.25, 0.3) is 16.9 Å². The highest BCUT2D eigenvalue weighted by Crippen LogP contribution is 2.20. The third-order valence-corrected chi connectivity index (χ3v) is 4.95. The topological polar surface area (TPSA) is 89.2 Å².